The molecule has 5 heteroatoms. The minimum Gasteiger partial charge on any atom is -0.491 e. The molecule has 1 heterocycles. The molecule has 15 heavy (non-hydrogen) atoms. The van der Waals surface area contributed by atoms with Crippen molar-refractivity contribution in [3.63, 3.8) is 0 Å². The molecule has 0 aliphatic heterocycles. The van der Waals surface area contributed by atoms with Crippen LogP contribution < -0.4 is 9.47 Å². The lowest BCUT2D eigenvalue weighted by Gasteiger charge is -2.08. The van der Waals surface area contributed by atoms with Crippen LogP contribution >= 0.6 is 0 Å². The van der Waals surface area contributed by atoms with E-state index in [2.05, 4.69) is 4.98 Å². The number of pyridine rings is 1. The van der Waals surface area contributed by atoms with Crippen LogP contribution in [0.3, 0.4) is 0 Å². The summed E-state index contributed by atoms with van der Waals surface area (Å²) < 4.78 is 35.2. The van der Waals surface area contributed by atoms with Crippen LogP contribution in [0.5, 0.6) is 11.6 Å². The molecule has 2 rings (SSSR count). The van der Waals surface area contributed by atoms with Gasteiger partial charge >= 0.3 is 0 Å². The van der Waals surface area contributed by atoms with Gasteiger partial charge in [0.2, 0.25) is 0 Å². The third-order valence-corrected chi connectivity index (χ3v) is 2.33. The number of methoxy groups -OCH3 is 1. The van der Waals surface area contributed by atoms with Crippen molar-refractivity contribution in [2.24, 2.45) is 5.92 Å². The van der Waals surface area contributed by atoms with E-state index in [0.29, 0.717) is 5.75 Å². The molecular formula is C10H11F2NO2. The van der Waals surface area contributed by atoms with Crippen LogP contribution in [0.4, 0.5) is 8.78 Å². The average Bonchev–Trinajstić information content (AvgIpc) is 2.84. The van der Waals surface area contributed by atoms with Gasteiger partial charge < -0.3 is 9.47 Å². The fourth-order valence-electron chi connectivity index (χ4n) is 1.27. The van der Waals surface area contributed by atoms with Gasteiger partial charge in [0.1, 0.15) is 0 Å². The molecule has 82 valence electrons. The van der Waals surface area contributed by atoms with Crippen molar-refractivity contribution >= 4 is 0 Å². The van der Waals surface area contributed by atoms with Crippen molar-refractivity contribution in [1.29, 1.82) is 0 Å². The van der Waals surface area contributed by atoms with E-state index < -0.39 is 11.8 Å². The van der Waals surface area contributed by atoms with E-state index in [1.165, 1.54) is 13.3 Å². The van der Waals surface area contributed by atoms with E-state index in [1.807, 2.05) is 0 Å². The lowest BCUT2D eigenvalue weighted by Crippen LogP contribution is -2.07. The first-order chi connectivity index (χ1) is 7.13. The summed E-state index contributed by atoms with van der Waals surface area (Å²) in [6.45, 7) is -0.0135. The normalized spacial score (nSPS) is 22.2. The zero-order valence-corrected chi connectivity index (χ0v) is 8.24. The molecule has 1 fully saturated rings. The second-order valence-corrected chi connectivity index (χ2v) is 3.48. The summed E-state index contributed by atoms with van der Waals surface area (Å²) in [6.07, 6.45) is 1.44. The number of halogens is 2. The summed E-state index contributed by atoms with van der Waals surface area (Å²) in [5, 5.41) is 0. The van der Waals surface area contributed by atoms with Gasteiger partial charge in [-0.3, -0.25) is 0 Å². The highest BCUT2D eigenvalue weighted by molar-refractivity contribution is 5.32. The third kappa shape index (κ3) is 2.16. The van der Waals surface area contributed by atoms with Crippen LogP contribution in [-0.4, -0.2) is 24.6 Å². The molecule has 0 amide bonds. The molecule has 0 N–H and O–H groups in total. The average molecular weight is 215 g/mol. The highest BCUT2D eigenvalue weighted by Gasteiger charge is 2.57. The van der Waals surface area contributed by atoms with Crippen LogP contribution in [0.2, 0.25) is 0 Å². The molecule has 0 bridgehead atoms. The summed E-state index contributed by atoms with van der Waals surface area (Å²) in [5.41, 5.74) is 0. The van der Waals surface area contributed by atoms with Gasteiger partial charge in [-0.05, 0) is 12.1 Å². The number of rotatable bonds is 4. The molecule has 1 aliphatic carbocycles. The monoisotopic (exact) mass is 215 g/mol. The molecule has 3 nitrogen and oxygen atoms in total. The van der Waals surface area contributed by atoms with E-state index >= 15 is 0 Å². The number of hydrogen-bond donors (Lipinski definition) is 0. The number of alkyl halides is 2. The maximum Gasteiger partial charge on any atom is 0.256 e. The topological polar surface area (TPSA) is 31.4 Å². The zero-order chi connectivity index (χ0) is 10.9. The Morgan fingerprint density at radius 3 is 2.93 bits per heavy atom. The lowest BCUT2D eigenvalue weighted by atomic mass is 10.4. The second-order valence-electron chi connectivity index (χ2n) is 3.48. The van der Waals surface area contributed by atoms with Crippen LogP contribution in [0.1, 0.15) is 6.42 Å². The van der Waals surface area contributed by atoms with Crippen molar-refractivity contribution in [2.75, 3.05) is 13.7 Å². The number of aromatic nitrogens is 1. The number of hydrogen-bond acceptors (Lipinski definition) is 3. The van der Waals surface area contributed by atoms with E-state index in [-0.39, 0.29) is 18.9 Å². The fourth-order valence-corrected chi connectivity index (χ4v) is 1.27. The van der Waals surface area contributed by atoms with E-state index in [0.717, 1.165) is 0 Å². The van der Waals surface area contributed by atoms with Gasteiger partial charge in [0, 0.05) is 12.6 Å². The van der Waals surface area contributed by atoms with Crippen LogP contribution in [-0.2, 0) is 0 Å². The lowest BCUT2D eigenvalue weighted by molar-refractivity contribution is 0.0844. The van der Waals surface area contributed by atoms with E-state index in [1.54, 1.807) is 12.1 Å². The van der Waals surface area contributed by atoms with Crippen LogP contribution in [0.15, 0.2) is 18.3 Å². The maximum absolute atomic E-state index is 12.5. The van der Waals surface area contributed by atoms with Crippen molar-refractivity contribution in [3.8, 4) is 11.6 Å². The quantitative estimate of drug-likeness (QED) is 0.770. The first-order valence-corrected chi connectivity index (χ1v) is 4.63. The molecule has 1 aromatic rings. The number of ether oxygens (including phenoxy) is 2. The fraction of sp³-hybridized carbons (Fsp3) is 0.500. The molecule has 1 aliphatic rings. The van der Waals surface area contributed by atoms with Crippen LogP contribution in [0.25, 0.3) is 0 Å². The van der Waals surface area contributed by atoms with Gasteiger partial charge in [-0.1, -0.05) is 0 Å². The van der Waals surface area contributed by atoms with Crippen molar-refractivity contribution in [3.05, 3.63) is 18.3 Å². The largest absolute Gasteiger partial charge is 0.491 e. The minimum atomic E-state index is -2.55. The summed E-state index contributed by atoms with van der Waals surface area (Å²) >= 11 is 0. The van der Waals surface area contributed by atoms with Gasteiger partial charge in [0.05, 0.1) is 19.6 Å². The highest BCUT2D eigenvalue weighted by Crippen LogP contribution is 2.48. The standard InChI is InChI=1S/C10H11F2NO2/c1-14-8-3-2-4-13-9(8)15-6-7-5-10(7,11)12/h2-4,7H,5-6H2,1H3/t7-/m1/s1. The smallest absolute Gasteiger partial charge is 0.256 e. The van der Waals surface area contributed by atoms with Gasteiger partial charge in [0.25, 0.3) is 11.8 Å². The minimum absolute atomic E-state index is 0.0135. The van der Waals surface area contributed by atoms with Gasteiger partial charge in [-0.15, -0.1) is 0 Å². The Morgan fingerprint density at radius 2 is 2.33 bits per heavy atom. The molecule has 0 spiro atoms. The maximum atomic E-state index is 12.5. The molecule has 0 saturated heterocycles. The summed E-state index contributed by atoms with van der Waals surface area (Å²) in [6, 6.07) is 3.37. The predicted molar refractivity (Wildman–Crippen MR) is 49.3 cm³/mol. The molecule has 0 radical (unpaired) electrons. The predicted octanol–water partition coefficient (Wildman–Crippen LogP) is 2.12. The SMILES string of the molecule is COc1cccnc1OC[C@H]1CC1(F)F. The van der Waals surface area contributed by atoms with E-state index in [4.69, 9.17) is 9.47 Å². The first kappa shape index (κ1) is 10.1. The Kier molecular flexibility index (Phi) is 2.46. The highest BCUT2D eigenvalue weighted by atomic mass is 19.3. The van der Waals surface area contributed by atoms with Gasteiger partial charge in [0.15, 0.2) is 5.75 Å². The Balaban J connectivity index is 1.93. The molecule has 0 unspecified atom stereocenters. The van der Waals surface area contributed by atoms with Crippen LogP contribution in [0, 0.1) is 5.92 Å². The Labute approximate surface area is 86.0 Å². The first-order valence-electron chi connectivity index (χ1n) is 4.63. The summed E-state index contributed by atoms with van der Waals surface area (Å²) in [7, 11) is 1.48. The molecule has 1 atom stereocenters. The van der Waals surface area contributed by atoms with Gasteiger partial charge in [-0.25, -0.2) is 13.8 Å². The summed E-state index contributed by atoms with van der Waals surface area (Å²) in [4.78, 5) is 3.90. The van der Waals surface area contributed by atoms with Gasteiger partial charge in [-0.2, -0.15) is 0 Å². The molecule has 1 saturated carbocycles. The van der Waals surface area contributed by atoms with E-state index in [9.17, 15) is 8.78 Å². The van der Waals surface area contributed by atoms with Crippen molar-refractivity contribution < 1.29 is 18.3 Å². The third-order valence-electron chi connectivity index (χ3n) is 2.33. The van der Waals surface area contributed by atoms with Crippen molar-refractivity contribution in [1.82, 2.24) is 4.98 Å². The Morgan fingerprint density at radius 1 is 1.60 bits per heavy atom. The molecular weight excluding hydrogens is 204 g/mol. The molecule has 1 aromatic heterocycles. The second kappa shape index (κ2) is 3.64. The Bertz CT molecular complexity index is 357. The summed E-state index contributed by atoms with van der Waals surface area (Å²) in [5.74, 6) is -2.50. The zero-order valence-electron chi connectivity index (χ0n) is 8.24. The Hall–Kier alpha value is -1.39. The van der Waals surface area contributed by atoms with Crippen molar-refractivity contribution in [2.45, 2.75) is 12.3 Å². The number of nitrogens with zero attached hydrogens (tertiary/aromatic N) is 1. The molecule has 0 aromatic carbocycles.